The fourth-order valence-corrected chi connectivity index (χ4v) is 9.90. The average molecular weight is 433 g/mol. The third-order valence-corrected chi connectivity index (χ3v) is 12.1. The molecule has 31 heavy (non-hydrogen) atoms. The van der Waals surface area contributed by atoms with E-state index in [1.54, 1.807) is 0 Å². The Labute approximate surface area is 190 Å². The Kier molecular flexibility index (Phi) is 5.83. The molecule has 3 nitrogen and oxygen atoms in total. The number of hydrogen-bond acceptors (Lipinski definition) is 3. The van der Waals surface area contributed by atoms with Gasteiger partial charge < -0.3 is 15.3 Å². The Hall–Kier alpha value is -0.120. The number of fused-ring (bicyclic) bond motifs is 5. The summed E-state index contributed by atoms with van der Waals surface area (Å²) in [4.78, 5) is 0. The summed E-state index contributed by atoms with van der Waals surface area (Å²) in [5.41, 5.74) is 0.799. The highest BCUT2D eigenvalue weighted by molar-refractivity contribution is 5.10. The molecule has 9 atom stereocenters. The van der Waals surface area contributed by atoms with Crippen LogP contribution in [0.15, 0.2) is 0 Å². The van der Waals surface area contributed by atoms with Gasteiger partial charge in [0.25, 0.3) is 0 Å². The molecule has 3 heteroatoms. The number of rotatable bonds is 5. The molecule has 0 aromatic carbocycles. The zero-order chi connectivity index (χ0) is 22.0. The second-order valence-corrected chi connectivity index (χ2v) is 13.4. The highest BCUT2D eigenvalue weighted by Gasteiger charge is 2.61. The van der Waals surface area contributed by atoms with Gasteiger partial charge in [0.05, 0.1) is 6.10 Å². The lowest BCUT2D eigenvalue weighted by Crippen LogP contribution is -2.56. The number of aliphatic hydroxyl groups excluding tert-OH is 1. The molecular weight excluding hydrogens is 384 g/mol. The van der Waals surface area contributed by atoms with Crippen LogP contribution in [0.25, 0.3) is 0 Å². The van der Waals surface area contributed by atoms with E-state index in [-0.39, 0.29) is 6.10 Å². The summed E-state index contributed by atoms with van der Waals surface area (Å²) < 4.78 is 0. The fourth-order valence-electron chi connectivity index (χ4n) is 9.90. The molecule has 0 aromatic rings. The van der Waals surface area contributed by atoms with Crippen LogP contribution in [0.2, 0.25) is 0 Å². The van der Waals surface area contributed by atoms with Crippen molar-refractivity contribution < 1.29 is 15.3 Å². The largest absolute Gasteiger partial charge is 0.393 e. The van der Waals surface area contributed by atoms with Crippen LogP contribution >= 0.6 is 0 Å². The van der Waals surface area contributed by atoms with Gasteiger partial charge in [-0.2, -0.15) is 0 Å². The van der Waals surface area contributed by atoms with Crippen molar-refractivity contribution in [3.8, 4) is 0 Å². The van der Waals surface area contributed by atoms with Crippen LogP contribution in [-0.2, 0) is 0 Å². The van der Waals surface area contributed by atoms with Gasteiger partial charge >= 0.3 is 0 Å². The monoisotopic (exact) mass is 432 g/mol. The molecule has 0 radical (unpaired) electrons. The van der Waals surface area contributed by atoms with Gasteiger partial charge in [0, 0.05) is 12.8 Å². The zero-order valence-electron chi connectivity index (χ0n) is 20.4. The molecule has 1 unspecified atom stereocenters. The van der Waals surface area contributed by atoms with Crippen molar-refractivity contribution in [2.45, 2.75) is 123 Å². The van der Waals surface area contributed by atoms with Crippen LogP contribution in [0.4, 0.5) is 0 Å². The van der Waals surface area contributed by atoms with E-state index in [1.807, 2.05) is 0 Å². The van der Waals surface area contributed by atoms with Gasteiger partial charge in [0.1, 0.15) is 0 Å². The molecule has 0 aromatic heterocycles. The average Bonchev–Trinajstić information content (AvgIpc) is 3.02. The van der Waals surface area contributed by atoms with Gasteiger partial charge in [-0.05, 0) is 123 Å². The van der Waals surface area contributed by atoms with Crippen LogP contribution in [0.5, 0.6) is 0 Å². The van der Waals surface area contributed by atoms with Crippen molar-refractivity contribution in [3.05, 3.63) is 0 Å². The van der Waals surface area contributed by atoms with Crippen molar-refractivity contribution >= 4 is 0 Å². The maximum atomic E-state index is 10.6. The van der Waals surface area contributed by atoms with E-state index < -0.39 is 5.79 Å². The van der Waals surface area contributed by atoms with Crippen LogP contribution in [0.1, 0.15) is 111 Å². The summed E-state index contributed by atoms with van der Waals surface area (Å²) in [6.45, 7) is 7.62. The van der Waals surface area contributed by atoms with Crippen LogP contribution in [0.3, 0.4) is 0 Å². The Morgan fingerprint density at radius 1 is 0.806 bits per heavy atom. The molecule has 0 aliphatic heterocycles. The Morgan fingerprint density at radius 3 is 2.26 bits per heavy atom. The zero-order valence-corrected chi connectivity index (χ0v) is 20.4. The smallest absolute Gasteiger partial charge is 0.162 e. The predicted octanol–water partition coefficient (Wildman–Crippen LogP) is 5.90. The minimum Gasteiger partial charge on any atom is -0.393 e. The third-order valence-electron chi connectivity index (χ3n) is 12.1. The molecule has 0 amide bonds. The van der Waals surface area contributed by atoms with Gasteiger partial charge in [-0.15, -0.1) is 0 Å². The molecule has 0 bridgehead atoms. The fraction of sp³-hybridized carbons (Fsp3) is 1.00. The number of aliphatic hydroxyl groups is 3. The summed E-state index contributed by atoms with van der Waals surface area (Å²) in [6.07, 6.45) is 16.1. The summed E-state index contributed by atoms with van der Waals surface area (Å²) in [6, 6.07) is 0. The minimum absolute atomic E-state index is 0.0522. The summed E-state index contributed by atoms with van der Waals surface area (Å²) in [7, 11) is 0. The molecule has 178 valence electrons. The third kappa shape index (κ3) is 3.73. The quantitative estimate of drug-likeness (QED) is 0.474. The molecule has 0 spiro atoms. The minimum atomic E-state index is -1.42. The van der Waals surface area contributed by atoms with Gasteiger partial charge in [-0.1, -0.05) is 27.2 Å². The highest BCUT2D eigenvalue weighted by Crippen LogP contribution is 2.68. The van der Waals surface area contributed by atoms with E-state index in [4.69, 9.17) is 0 Å². The van der Waals surface area contributed by atoms with Crippen molar-refractivity contribution in [2.75, 3.05) is 0 Å². The molecule has 0 heterocycles. The van der Waals surface area contributed by atoms with Gasteiger partial charge in [-0.3, -0.25) is 0 Å². The first-order valence-electron chi connectivity index (χ1n) is 13.8. The predicted molar refractivity (Wildman–Crippen MR) is 124 cm³/mol. The maximum Gasteiger partial charge on any atom is 0.162 e. The lowest BCUT2D eigenvalue weighted by atomic mass is 9.44. The van der Waals surface area contributed by atoms with Crippen LogP contribution in [-0.4, -0.2) is 27.2 Å². The molecular formula is C28H48O3. The van der Waals surface area contributed by atoms with Gasteiger partial charge in [0.2, 0.25) is 0 Å². The standard InChI is InChI=1S/C28H48O3/c1-18(7-12-25(29)19-5-4-6-19)22-10-11-23-21-9-8-20-17-28(30,31)16-15-26(20,2)24(21)13-14-27(22,23)3/h18-25,29-31H,4-17H2,1-3H3/t18-,20+,21+,22-,23+,24+,25?,26+,27-/m1/s1. The lowest BCUT2D eigenvalue weighted by molar-refractivity contribution is -0.233. The highest BCUT2D eigenvalue weighted by atomic mass is 16.5. The van der Waals surface area contributed by atoms with E-state index >= 15 is 0 Å². The molecule has 5 fully saturated rings. The van der Waals surface area contributed by atoms with E-state index in [0.29, 0.717) is 35.5 Å². The van der Waals surface area contributed by atoms with Crippen molar-refractivity contribution in [1.82, 2.24) is 0 Å². The summed E-state index contributed by atoms with van der Waals surface area (Å²) in [5.74, 6) is 3.72. The Balaban J connectivity index is 1.26. The van der Waals surface area contributed by atoms with Crippen molar-refractivity contribution in [1.29, 1.82) is 0 Å². The lowest BCUT2D eigenvalue weighted by Gasteiger charge is -2.61. The van der Waals surface area contributed by atoms with Gasteiger partial charge in [0.15, 0.2) is 5.79 Å². The van der Waals surface area contributed by atoms with Gasteiger partial charge in [-0.25, -0.2) is 0 Å². The van der Waals surface area contributed by atoms with Crippen LogP contribution < -0.4 is 0 Å². The molecule has 5 aliphatic carbocycles. The summed E-state index contributed by atoms with van der Waals surface area (Å²) >= 11 is 0. The normalized spacial score (nSPS) is 48.8. The first-order chi connectivity index (χ1) is 14.6. The SMILES string of the molecule is C[C@H](CCC(O)C1CCC1)[C@H]1CC[C@H]2[C@@H]3CC[C@H]4CC(O)(O)CC[C@]4(C)[C@H]3CC[C@]12C. The molecule has 0 saturated heterocycles. The van der Waals surface area contributed by atoms with Crippen molar-refractivity contribution in [2.24, 2.45) is 52.3 Å². The van der Waals surface area contributed by atoms with Crippen molar-refractivity contribution in [3.63, 3.8) is 0 Å². The van der Waals surface area contributed by atoms with Crippen LogP contribution in [0, 0.1) is 52.3 Å². The Bertz CT molecular complexity index is 657. The molecule has 5 saturated carbocycles. The number of hydrogen-bond donors (Lipinski definition) is 3. The second-order valence-electron chi connectivity index (χ2n) is 13.4. The van der Waals surface area contributed by atoms with E-state index in [1.165, 1.54) is 64.2 Å². The Morgan fingerprint density at radius 2 is 1.55 bits per heavy atom. The first-order valence-corrected chi connectivity index (χ1v) is 13.8. The van der Waals surface area contributed by atoms with E-state index in [0.717, 1.165) is 42.4 Å². The molecule has 5 rings (SSSR count). The second kappa shape index (κ2) is 7.98. The topological polar surface area (TPSA) is 60.7 Å². The summed E-state index contributed by atoms with van der Waals surface area (Å²) in [5, 5.41) is 31.1. The molecule has 5 aliphatic rings. The van der Waals surface area contributed by atoms with E-state index in [2.05, 4.69) is 20.8 Å². The van der Waals surface area contributed by atoms with E-state index in [9.17, 15) is 15.3 Å². The maximum absolute atomic E-state index is 10.6. The molecule has 3 N–H and O–H groups in total. The first kappa shape index (κ1) is 22.7.